The first kappa shape index (κ1) is 14.9. The van der Waals surface area contributed by atoms with E-state index in [1.165, 1.54) is 20.0 Å². The molecule has 2 heterocycles. The highest BCUT2D eigenvalue weighted by Gasteiger charge is 2.54. The minimum absolute atomic E-state index is 0.235. The molecule has 3 N–H and O–H groups in total. The molecule has 112 valence electrons. The summed E-state index contributed by atoms with van der Waals surface area (Å²) in [6.07, 6.45) is -2.73. The van der Waals surface area contributed by atoms with Crippen LogP contribution in [-0.2, 0) is 4.74 Å². The predicted octanol–water partition coefficient (Wildman–Crippen LogP) is -0.929. The summed E-state index contributed by atoms with van der Waals surface area (Å²) in [6.45, 7) is 1.89. The van der Waals surface area contributed by atoms with Gasteiger partial charge in [0.1, 0.15) is 0 Å². The summed E-state index contributed by atoms with van der Waals surface area (Å²) >= 11 is 0. The first-order valence-electron chi connectivity index (χ1n) is 6.18. The van der Waals surface area contributed by atoms with Crippen LogP contribution < -0.4 is 11.2 Å². The highest BCUT2D eigenvalue weighted by Crippen LogP contribution is 2.44. The van der Waals surface area contributed by atoms with Crippen molar-refractivity contribution in [3.05, 3.63) is 32.6 Å². The smallest absolute Gasteiger partial charge is 0.330 e. The van der Waals surface area contributed by atoms with Crippen LogP contribution in [-0.4, -0.2) is 45.3 Å². The van der Waals surface area contributed by atoms with Crippen LogP contribution in [0.2, 0.25) is 0 Å². The van der Waals surface area contributed by atoms with Gasteiger partial charge < -0.3 is 14.9 Å². The third-order valence-electron chi connectivity index (χ3n) is 3.85. The third-order valence-corrected chi connectivity index (χ3v) is 3.85. The van der Waals surface area contributed by atoms with E-state index in [1.807, 2.05) is 0 Å². The second-order valence-electron chi connectivity index (χ2n) is 5.24. The fourth-order valence-electron chi connectivity index (χ4n) is 2.32. The summed E-state index contributed by atoms with van der Waals surface area (Å²) in [5.41, 5.74) is -2.43. The number of halogens is 1. The molecule has 4 atom stereocenters. The number of nitrogens with one attached hydrogen (secondary N) is 1. The Labute approximate surface area is 113 Å². The second kappa shape index (κ2) is 5.12. The van der Waals surface area contributed by atoms with E-state index in [4.69, 9.17) is 4.74 Å². The van der Waals surface area contributed by atoms with Crippen molar-refractivity contribution in [2.45, 2.75) is 32.4 Å². The molecule has 1 fully saturated rings. The van der Waals surface area contributed by atoms with Crippen LogP contribution in [0.5, 0.6) is 0 Å². The monoisotopic (exact) mass is 288 g/mol. The lowest BCUT2D eigenvalue weighted by Crippen LogP contribution is -2.41. The normalized spacial score (nSPS) is 33.5. The second-order valence-corrected chi connectivity index (χ2v) is 5.24. The van der Waals surface area contributed by atoms with Crippen LogP contribution in [0, 0.1) is 12.3 Å². The number of aryl methyl sites for hydroxylation is 1. The van der Waals surface area contributed by atoms with Crippen LogP contribution in [0.1, 0.15) is 18.7 Å². The zero-order valence-corrected chi connectivity index (χ0v) is 11.2. The maximum Gasteiger partial charge on any atom is 0.330 e. The lowest BCUT2D eigenvalue weighted by Gasteiger charge is -2.27. The molecule has 0 unspecified atom stereocenters. The van der Waals surface area contributed by atoms with Crippen molar-refractivity contribution in [3.8, 4) is 0 Å². The molecular weight excluding hydrogens is 271 g/mol. The summed E-state index contributed by atoms with van der Waals surface area (Å²) in [5.74, 6) is 0. The molecule has 1 aliphatic rings. The van der Waals surface area contributed by atoms with Crippen molar-refractivity contribution in [3.63, 3.8) is 0 Å². The Morgan fingerprint density at radius 2 is 2.15 bits per heavy atom. The number of aromatic amines is 1. The molecule has 0 spiro atoms. The van der Waals surface area contributed by atoms with Crippen molar-refractivity contribution in [2.75, 3.05) is 13.2 Å². The number of alkyl halides is 1. The molecular formula is C12H17FN2O5. The van der Waals surface area contributed by atoms with Gasteiger partial charge in [0.2, 0.25) is 0 Å². The lowest BCUT2D eigenvalue weighted by atomic mass is 9.82. The summed E-state index contributed by atoms with van der Waals surface area (Å²) in [5, 5.41) is 18.6. The minimum atomic E-state index is -1.70. The molecule has 0 bridgehead atoms. The van der Waals surface area contributed by atoms with Gasteiger partial charge >= 0.3 is 5.69 Å². The van der Waals surface area contributed by atoms with Crippen molar-refractivity contribution in [1.82, 2.24) is 9.55 Å². The Hall–Kier alpha value is -1.51. The lowest BCUT2D eigenvalue weighted by molar-refractivity contribution is -0.0551. The summed E-state index contributed by atoms with van der Waals surface area (Å²) in [7, 11) is 0. The number of hydrogen-bond donors (Lipinski definition) is 3. The third kappa shape index (κ3) is 2.09. The standard InChI is InChI=1S/C12H17FN2O5/c1-6-3-15(11(19)14-9(6)18)10-8(13)12(2,5-17)7(4-16)20-10/h3,7-8,10,16-17H,4-5H2,1-2H3,(H,14,18,19)/t7-,8-,10+,12-/m1/s1. The molecule has 8 heteroatoms. The molecule has 1 aromatic heterocycles. The van der Waals surface area contributed by atoms with Crippen LogP contribution in [0.15, 0.2) is 15.8 Å². The van der Waals surface area contributed by atoms with E-state index in [9.17, 15) is 24.2 Å². The Balaban J connectivity index is 2.48. The van der Waals surface area contributed by atoms with E-state index >= 15 is 0 Å². The van der Waals surface area contributed by atoms with Gasteiger partial charge in [-0.3, -0.25) is 14.3 Å². The molecule has 7 nitrogen and oxygen atoms in total. The molecule has 0 saturated carbocycles. The first-order valence-corrected chi connectivity index (χ1v) is 6.18. The number of aromatic nitrogens is 2. The van der Waals surface area contributed by atoms with Gasteiger partial charge in [0.15, 0.2) is 12.4 Å². The SMILES string of the molecule is Cc1cn([C@H]2O[C@H](CO)[C@@](C)(CO)[C@@H]2F)c(=O)[nH]c1=O. The average Bonchev–Trinajstić information content (AvgIpc) is 2.67. The van der Waals surface area contributed by atoms with Crippen molar-refractivity contribution >= 4 is 0 Å². The molecule has 20 heavy (non-hydrogen) atoms. The maximum atomic E-state index is 14.5. The minimum Gasteiger partial charge on any atom is -0.396 e. The largest absolute Gasteiger partial charge is 0.396 e. The zero-order valence-electron chi connectivity index (χ0n) is 11.2. The Bertz CT molecular complexity index is 613. The molecule has 1 aromatic rings. The van der Waals surface area contributed by atoms with E-state index in [0.717, 1.165) is 4.57 Å². The van der Waals surface area contributed by atoms with Crippen LogP contribution in [0.4, 0.5) is 4.39 Å². The van der Waals surface area contributed by atoms with E-state index in [0.29, 0.717) is 0 Å². The molecule has 1 aliphatic heterocycles. The Kier molecular flexibility index (Phi) is 3.81. The molecule has 0 aromatic carbocycles. The van der Waals surface area contributed by atoms with E-state index in [-0.39, 0.29) is 5.56 Å². The number of H-pyrrole nitrogens is 1. The van der Waals surface area contributed by atoms with E-state index in [2.05, 4.69) is 4.98 Å². The van der Waals surface area contributed by atoms with Gasteiger partial charge in [0, 0.05) is 11.8 Å². The van der Waals surface area contributed by atoms with E-state index < -0.39 is 48.4 Å². The average molecular weight is 288 g/mol. The number of aliphatic hydroxyl groups excluding tert-OH is 2. The number of rotatable bonds is 3. The van der Waals surface area contributed by atoms with E-state index in [1.54, 1.807) is 0 Å². The zero-order chi connectivity index (χ0) is 15.1. The van der Waals surface area contributed by atoms with Gasteiger partial charge in [-0.05, 0) is 6.92 Å². The van der Waals surface area contributed by atoms with Gasteiger partial charge in [0.05, 0.1) is 24.7 Å². The molecule has 0 aliphatic carbocycles. The Morgan fingerprint density at radius 3 is 2.65 bits per heavy atom. The quantitative estimate of drug-likeness (QED) is 0.666. The van der Waals surface area contributed by atoms with Crippen molar-refractivity contribution < 1.29 is 19.3 Å². The summed E-state index contributed by atoms with van der Waals surface area (Å²) in [4.78, 5) is 25.1. The summed E-state index contributed by atoms with van der Waals surface area (Å²) < 4.78 is 20.8. The number of hydrogen-bond acceptors (Lipinski definition) is 5. The fraction of sp³-hybridized carbons (Fsp3) is 0.667. The summed E-state index contributed by atoms with van der Waals surface area (Å²) in [6, 6.07) is 0. The van der Waals surface area contributed by atoms with Crippen LogP contribution >= 0.6 is 0 Å². The van der Waals surface area contributed by atoms with Gasteiger partial charge in [0.25, 0.3) is 5.56 Å². The van der Waals surface area contributed by atoms with Gasteiger partial charge in [-0.1, -0.05) is 6.92 Å². The topological polar surface area (TPSA) is 105 Å². The van der Waals surface area contributed by atoms with Gasteiger partial charge in [-0.2, -0.15) is 0 Å². The first-order chi connectivity index (χ1) is 9.35. The molecule has 1 saturated heterocycles. The van der Waals surface area contributed by atoms with Crippen molar-refractivity contribution in [1.29, 1.82) is 0 Å². The fourth-order valence-corrected chi connectivity index (χ4v) is 2.32. The van der Waals surface area contributed by atoms with Gasteiger partial charge in [-0.25, -0.2) is 9.18 Å². The highest BCUT2D eigenvalue weighted by atomic mass is 19.1. The van der Waals surface area contributed by atoms with Crippen LogP contribution in [0.25, 0.3) is 0 Å². The Morgan fingerprint density at radius 1 is 1.50 bits per heavy atom. The highest BCUT2D eigenvalue weighted by molar-refractivity contribution is 5.05. The maximum absolute atomic E-state index is 14.5. The predicted molar refractivity (Wildman–Crippen MR) is 67.1 cm³/mol. The molecule has 2 rings (SSSR count). The number of ether oxygens (including phenoxy) is 1. The molecule has 0 radical (unpaired) electrons. The number of aliphatic hydroxyl groups is 2. The van der Waals surface area contributed by atoms with Gasteiger partial charge in [-0.15, -0.1) is 0 Å². The van der Waals surface area contributed by atoms with Crippen molar-refractivity contribution in [2.24, 2.45) is 5.41 Å². The van der Waals surface area contributed by atoms with Crippen LogP contribution in [0.3, 0.4) is 0 Å². The number of nitrogens with zero attached hydrogens (tertiary/aromatic N) is 1. The molecule has 0 amide bonds.